The lowest BCUT2D eigenvalue weighted by atomic mass is 9.89. The van der Waals surface area contributed by atoms with Crippen LogP contribution in [0.5, 0.6) is 0 Å². The van der Waals surface area contributed by atoms with Crippen LogP contribution >= 0.6 is 0 Å². The van der Waals surface area contributed by atoms with Gasteiger partial charge in [-0.1, -0.05) is 13.0 Å². The maximum absolute atomic E-state index is 6.23. The summed E-state index contributed by atoms with van der Waals surface area (Å²) < 4.78 is 5.77. The molecule has 0 aliphatic heterocycles. The second-order valence-corrected chi connectivity index (χ2v) is 4.27. The zero-order chi connectivity index (χ0) is 12.0. The fourth-order valence-corrected chi connectivity index (χ4v) is 1.79. The first-order chi connectivity index (χ1) is 7.62. The maximum Gasteiger partial charge on any atom is 0.0805 e. The summed E-state index contributed by atoms with van der Waals surface area (Å²) in [4.78, 5) is 4.10. The first-order valence-corrected chi connectivity index (χ1v) is 5.90. The van der Waals surface area contributed by atoms with Gasteiger partial charge in [0.25, 0.3) is 0 Å². The van der Waals surface area contributed by atoms with Gasteiger partial charge in [0.2, 0.25) is 0 Å². The number of rotatable bonds is 6. The average molecular weight is 222 g/mol. The number of ether oxygens (including phenoxy) is 1. The van der Waals surface area contributed by atoms with Crippen molar-refractivity contribution >= 4 is 0 Å². The normalized spacial score (nSPS) is 16.8. The number of hydrogen-bond acceptors (Lipinski definition) is 3. The largest absolute Gasteiger partial charge is 0.374 e. The van der Waals surface area contributed by atoms with Crippen LogP contribution in [0.25, 0.3) is 0 Å². The third-order valence-corrected chi connectivity index (χ3v) is 3.14. The van der Waals surface area contributed by atoms with Gasteiger partial charge in [-0.2, -0.15) is 0 Å². The topological polar surface area (TPSA) is 48.1 Å². The Morgan fingerprint density at radius 3 is 2.75 bits per heavy atom. The van der Waals surface area contributed by atoms with Gasteiger partial charge >= 0.3 is 0 Å². The molecular formula is C13H22N2O. The highest BCUT2D eigenvalue weighted by Gasteiger charge is 2.30. The van der Waals surface area contributed by atoms with Crippen LogP contribution in [0, 0.1) is 0 Å². The van der Waals surface area contributed by atoms with Gasteiger partial charge in [-0.15, -0.1) is 0 Å². The Morgan fingerprint density at radius 1 is 1.50 bits per heavy atom. The van der Waals surface area contributed by atoms with Crippen LogP contribution in [0.4, 0.5) is 0 Å². The first kappa shape index (κ1) is 13.1. The molecule has 0 aliphatic rings. The van der Waals surface area contributed by atoms with Crippen LogP contribution in [0.3, 0.4) is 0 Å². The molecule has 0 aromatic carbocycles. The zero-order valence-electron chi connectivity index (χ0n) is 10.4. The Morgan fingerprint density at radius 2 is 2.25 bits per heavy atom. The van der Waals surface area contributed by atoms with Crippen molar-refractivity contribution in [2.75, 3.05) is 6.61 Å². The van der Waals surface area contributed by atoms with Crippen LogP contribution < -0.4 is 5.73 Å². The third kappa shape index (κ3) is 3.29. The summed E-state index contributed by atoms with van der Waals surface area (Å²) >= 11 is 0. The lowest BCUT2D eigenvalue weighted by molar-refractivity contribution is -0.0461. The summed E-state index contributed by atoms with van der Waals surface area (Å²) in [5.41, 5.74) is 7.14. The number of nitrogens with zero attached hydrogens (tertiary/aromatic N) is 1. The van der Waals surface area contributed by atoms with Crippen molar-refractivity contribution in [3.63, 3.8) is 0 Å². The molecule has 0 aliphatic carbocycles. The second kappa shape index (κ2) is 5.97. The van der Waals surface area contributed by atoms with E-state index >= 15 is 0 Å². The molecule has 3 nitrogen and oxygen atoms in total. The molecule has 0 saturated heterocycles. The Bertz CT molecular complexity index is 302. The molecule has 1 rings (SSSR count). The zero-order valence-corrected chi connectivity index (χ0v) is 10.4. The molecule has 3 heteroatoms. The average Bonchev–Trinajstić information content (AvgIpc) is 2.30. The minimum absolute atomic E-state index is 0.00153. The Labute approximate surface area is 98.0 Å². The van der Waals surface area contributed by atoms with E-state index in [9.17, 15) is 0 Å². The fraction of sp³-hybridized carbons (Fsp3) is 0.615. The number of pyridine rings is 1. The molecule has 2 N–H and O–H groups in total. The minimum Gasteiger partial charge on any atom is -0.374 e. The van der Waals surface area contributed by atoms with E-state index in [-0.39, 0.29) is 11.6 Å². The van der Waals surface area contributed by atoms with E-state index in [1.165, 1.54) is 0 Å². The Hall–Kier alpha value is -0.930. The molecule has 2 unspecified atom stereocenters. The highest BCUT2D eigenvalue weighted by atomic mass is 16.5. The van der Waals surface area contributed by atoms with Crippen molar-refractivity contribution in [2.24, 2.45) is 5.73 Å². The third-order valence-electron chi connectivity index (χ3n) is 3.14. The molecular weight excluding hydrogens is 200 g/mol. The monoisotopic (exact) mass is 222 g/mol. The van der Waals surface area contributed by atoms with Crippen LogP contribution in [0.2, 0.25) is 0 Å². The van der Waals surface area contributed by atoms with E-state index in [1.54, 1.807) is 6.20 Å². The Kier molecular flexibility index (Phi) is 4.90. The van der Waals surface area contributed by atoms with Gasteiger partial charge in [-0.25, -0.2) is 0 Å². The summed E-state index contributed by atoms with van der Waals surface area (Å²) in [7, 11) is 0. The molecule has 1 heterocycles. The highest BCUT2D eigenvalue weighted by molar-refractivity contribution is 5.11. The summed E-state index contributed by atoms with van der Waals surface area (Å²) in [5, 5.41) is 0. The minimum atomic E-state index is -0.245. The van der Waals surface area contributed by atoms with Crippen LogP contribution in [0.1, 0.15) is 32.8 Å². The molecule has 0 spiro atoms. The van der Waals surface area contributed by atoms with Crippen molar-refractivity contribution < 1.29 is 4.74 Å². The molecule has 0 amide bonds. The smallest absolute Gasteiger partial charge is 0.0805 e. The first-order valence-electron chi connectivity index (χ1n) is 5.90. The molecule has 0 bridgehead atoms. The van der Waals surface area contributed by atoms with Gasteiger partial charge in [0.15, 0.2) is 0 Å². The van der Waals surface area contributed by atoms with Crippen LogP contribution in [-0.4, -0.2) is 23.2 Å². The van der Waals surface area contributed by atoms with E-state index in [1.807, 2.05) is 19.2 Å². The standard InChI is InChI=1S/C13H22N2O/c1-4-13(3,16-5-2)12(14)9-11-7-6-8-15-10-11/h6-8,10,12H,4-5,9,14H2,1-3H3. The molecule has 1 aromatic rings. The summed E-state index contributed by atoms with van der Waals surface area (Å²) in [6, 6.07) is 3.99. The molecule has 0 saturated carbocycles. The van der Waals surface area contributed by atoms with Gasteiger partial charge < -0.3 is 10.5 Å². The highest BCUT2D eigenvalue weighted by Crippen LogP contribution is 2.21. The van der Waals surface area contributed by atoms with Gasteiger partial charge in [0, 0.05) is 25.0 Å². The van der Waals surface area contributed by atoms with Gasteiger partial charge in [0.1, 0.15) is 0 Å². The van der Waals surface area contributed by atoms with E-state index in [2.05, 4.69) is 24.9 Å². The van der Waals surface area contributed by atoms with Crippen molar-refractivity contribution in [3.8, 4) is 0 Å². The summed E-state index contributed by atoms with van der Waals surface area (Å²) in [6.07, 6.45) is 5.36. The number of aromatic nitrogens is 1. The number of hydrogen-bond donors (Lipinski definition) is 1. The molecule has 0 fully saturated rings. The summed E-state index contributed by atoms with van der Waals surface area (Å²) in [5.74, 6) is 0. The SMILES string of the molecule is CCOC(C)(CC)C(N)Cc1cccnc1. The van der Waals surface area contributed by atoms with Crippen LogP contribution in [-0.2, 0) is 11.2 Å². The van der Waals surface area contributed by atoms with Gasteiger partial charge in [-0.3, -0.25) is 4.98 Å². The summed E-state index contributed by atoms with van der Waals surface area (Å²) in [6.45, 7) is 6.89. The predicted octanol–water partition coefficient (Wildman–Crippen LogP) is 2.16. The van der Waals surface area contributed by atoms with Crippen molar-refractivity contribution in [1.82, 2.24) is 4.98 Å². The van der Waals surface area contributed by atoms with Crippen molar-refractivity contribution in [2.45, 2.75) is 45.3 Å². The van der Waals surface area contributed by atoms with Crippen LogP contribution in [0.15, 0.2) is 24.5 Å². The second-order valence-electron chi connectivity index (χ2n) is 4.27. The van der Waals surface area contributed by atoms with E-state index < -0.39 is 0 Å². The molecule has 2 atom stereocenters. The molecule has 0 radical (unpaired) electrons. The predicted molar refractivity (Wildman–Crippen MR) is 66.2 cm³/mol. The maximum atomic E-state index is 6.23. The lowest BCUT2D eigenvalue weighted by Crippen LogP contribution is -2.48. The lowest BCUT2D eigenvalue weighted by Gasteiger charge is -2.34. The fourth-order valence-electron chi connectivity index (χ4n) is 1.79. The van der Waals surface area contributed by atoms with Crippen molar-refractivity contribution in [3.05, 3.63) is 30.1 Å². The number of nitrogens with two attached hydrogens (primary N) is 1. The van der Waals surface area contributed by atoms with E-state index in [0.29, 0.717) is 6.61 Å². The van der Waals surface area contributed by atoms with Crippen molar-refractivity contribution in [1.29, 1.82) is 0 Å². The molecule has 16 heavy (non-hydrogen) atoms. The Balaban J connectivity index is 2.66. The van der Waals surface area contributed by atoms with E-state index in [4.69, 9.17) is 10.5 Å². The quantitative estimate of drug-likeness (QED) is 0.802. The van der Waals surface area contributed by atoms with Gasteiger partial charge in [0.05, 0.1) is 5.60 Å². The van der Waals surface area contributed by atoms with E-state index in [0.717, 1.165) is 18.4 Å². The molecule has 90 valence electrons. The van der Waals surface area contributed by atoms with Gasteiger partial charge in [-0.05, 0) is 38.3 Å². The molecule has 1 aromatic heterocycles.